The molecule has 1 saturated heterocycles. The number of benzene rings is 3. The zero-order valence-corrected chi connectivity index (χ0v) is 25.6. The van der Waals surface area contributed by atoms with Gasteiger partial charge in [0.25, 0.3) is 15.9 Å². The van der Waals surface area contributed by atoms with Gasteiger partial charge >= 0.3 is 0 Å². The topological polar surface area (TPSA) is 91.3 Å². The SMILES string of the molecule is C/C=N\c1c(C2CCCCC2)cccc1S(=O)(=O)Nc1ccc(C(=O)N2CCN(Cc3ccc(OC)cc3F)CC2)cc1. The van der Waals surface area contributed by atoms with Gasteiger partial charge in [-0.1, -0.05) is 37.5 Å². The Labute approximate surface area is 253 Å². The lowest BCUT2D eigenvalue weighted by molar-refractivity contribution is 0.0627. The first-order valence-corrected chi connectivity index (χ1v) is 16.4. The van der Waals surface area contributed by atoms with Crippen LogP contribution in [0.25, 0.3) is 0 Å². The number of hydrogen-bond acceptors (Lipinski definition) is 6. The standard InChI is InChI=1S/C33H39FN4O4S/c1-3-35-32-29(24-8-5-4-6-9-24)10-7-11-31(32)43(40,41)36-27-15-12-25(13-16-27)33(39)38-20-18-37(19-21-38)23-26-14-17-28(42-2)22-30(26)34/h3,7,10-17,22,24,36H,4-6,8-9,18-21,23H2,1-2H3/b35-3-. The summed E-state index contributed by atoms with van der Waals surface area (Å²) in [7, 11) is -2.41. The highest BCUT2D eigenvalue weighted by molar-refractivity contribution is 7.92. The lowest BCUT2D eigenvalue weighted by Crippen LogP contribution is -2.48. The first-order valence-electron chi connectivity index (χ1n) is 14.9. The molecule has 1 aliphatic heterocycles. The summed E-state index contributed by atoms with van der Waals surface area (Å²) in [4.78, 5) is 21.7. The van der Waals surface area contributed by atoms with E-state index in [4.69, 9.17) is 4.74 Å². The summed E-state index contributed by atoms with van der Waals surface area (Å²) in [5, 5.41) is 0. The van der Waals surface area contributed by atoms with E-state index in [0.29, 0.717) is 66.9 Å². The molecule has 2 fully saturated rings. The highest BCUT2D eigenvalue weighted by Gasteiger charge is 2.26. The molecule has 43 heavy (non-hydrogen) atoms. The Morgan fingerprint density at radius 1 is 1.02 bits per heavy atom. The van der Waals surface area contributed by atoms with Crippen molar-refractivity contribution in [2.24, 2.45) is 4.99 Å². The molecular formula is C33H39FN4O4S. The molecule has 0 spiro atoms. The number of methoxy groups -OCH3 is 1. The van der Waals surface area contributed by atoms with Crippen LogP contribution in [0.15, 0.2) is 70.6 Å². The number of hydrogen-bond donors (Lipinski definition) is 1. The molecule has 10 heteroatoms. The minimum Gasteiger partial charge on any atom is -0.497 e. The quantitative estimate of drug-likeness (QED) is 0.286. The molecule has 0 bridgehead atoms. The first kappa shape index (κ1) is 30.7. The normalized spacial score (nSPS) is 16.9. The van der Waals surface area contributed by atoms with Gasteiger partial charge in [0.05, 0.1) is 12.8 Å². The van der Waals surface area contributed by atoms with Crippen molar-refractivity contribution < 1.29 is 22.3 Å². The van der Waals surface area contributed by atoms with Crippen molar-refractivity contribution in [2.45, 2.75) is 56.4 Å². The predicted octanol–water partition coefficient (Wildman–Crippen LogP) is 6.36. The van der Waals surface area contributed by atoms with Crippen LogP contribution in [0.5, 0.6) is 5.75 Å². The molecule has 1 saturated carbocycles. The first-order chi connectivity index (χ1) is 20.8. The minimum atomic E-state index is -3.92. The molecule has 1 N–H and O–H groups in total. The monoisotopic (exact) mass is 606 g/mol. The van der Waals surface area contributed by atoms with E-state index in [1.54, 1.807) is 66.6 Å². The number of carbonyl (C=O) groups excluding carboxylic acids is 1. The molecule has 8 nitrogen and oxygen atoms in total. The third-order valence-electron chi connectivity index (χ3n) is 8.32. The Kier molecular flexibility index (Phi) is 9.77. The number of carbonyl (C=O) groups is 1. The molecule has 1 aliphatic carbocycles. The van der Waals surface area contributed by atoms with Crippen molar-refractivity contribution in [3.8, 4) is 5.75 Å². The molecule has 228 valence electrons. The van der Waals surface area contributed by atoms with E-state index in [1.165, 1.54) is 19.6 Å². The Bertz CT molecular complexity index is 1560. The zero-order chi connectivity index (χ0) is 30.4. The highest BCUT2D eigenvalue weighted by Crippen LogP contribution is 2.40. The molecule has 1 amide bonds. The van der Waals surface area contributed by atoms with Crippen LogP contribution in [0.4, 0.5) is 15.8 Å². The maximum atomic E-state index is 14.4. The lowest BCUT2D eigenvalue weighted by atomic mass is 9.83. The van der Waals surface area contributed by atoms with Crippen molar-refractivity contribution in [2.75, 3.05) is 38.0 Å². The number of amides is 1. The third kappa shape index (κ3) is 7.25. The number of anilines is 1. The van der Waals surface area contributed by atoms with Crippen molar-refractivity contribution in [1.29, 1.82) is 0 Å². The summed E-state index contributed by atoms with van der Waals surface area (Å²) < 4.78 is 49.2. The Hall–Kier alpha value is -3.76. The van der Waals surface area contributed by atoms with Crippen molar-refractivity contribution in [3.63, 3.8) is 0 Å². The van der Waals surface area contributed by atoms with Crippen LogP contribution in [0.3, 0.4) is 0 Å². The molecule has 1 heterocycles. The Morgan fingerprint density at radius 2 is 1.74 bits per heavy atom. The van der Waals surface area contributed by atoms with Gasteiger partial charge in [0.1, 0.15) is 16.5 Å². The number of ether oxygens (including phenoxy) is 1. The van der Waals surface area contributed by atoms with Crippen molar-refractivity contribution in [3.05, 3.63) is 83.2 Å². The zero-order valence-electron chi connectivity index (χ0n) is 24.8. The van der Waals surface area contributed by atoms with Crippen LogP contribution in [0.2, 0.25) is 0 Å². The van der Waals surface area contributed by atoms with E-state index in [9.17, 15) is 17.6 Å². The van der Waals surface area contributed by atoms with Crippen LogP contribution in [0, 0.1) is 5.82 Å². The summed E-state index contributed by atoms with van der Waals surface area (Å²) in [5.41, 5.74) is 2.93. The van der Waals surface area contributed by atoms with Gasteiger partial charge in [-0.25, -0.2) is 12.8 Å². The number of para-hydroxylation sites is 1. The number of rotatable bonds is 9. The average molecular weight is 607 g/mol. The summed E-state index contributed by atoms with van der Waals surface area (Å²) in [6.45, 7) is 4.53. The van der Waals surface area contributed by atoms with Gasteiger partial charge < -0.3 is 9.64 Å². The molecule has 0 aromatic heterocycles. The lowest BCUT2D eigenvalue weighted by Gasteiger charge is -2.35. The maximum absolute atomic E-state index is 14.4. The van der Waals surface area contributed by atoms with E-state index in [1.807, 2.05) is 6.07 Å². The van der Waals surface area contributed by atoms with Crippen LogP contribution in [-0.2, 0) is 16.6 Å². The van der Waals surface area contributed by atoms with Gasteiger partial charge in [-0.3, -0.25) is 19.4 Å². The Balaban J connectivity index is 1.22. The van der Waals surface area contributed by atoms with Gasteiger partial charge in [-0.15, -0.1) is 0 Å². The molecule has 3 aromatic carbocycles. The molecular weight excluding hydrogens is 567 g/mol. The van der Waals surface area contributed by atoms with Gasteiger partial charge in [0.15, 0.2) is 0 Å². The van der Waals surface area contributed by atoms with Crippen LogP contribution < -0.4 is 9.46 Å². The van der Waals surface area contributed by atoms with Crippen LogP contribution in [0.1, 0.15) is 66.4 Å². The molecule has 5 rings (SSSR count). The maximum Gasteiger partial charge on any atom is 0.264 e. The second-order valence-electron chi connectivity index (χ2n) is 11.1. The molecule has 0 unspecified atom stereocenters. The number of nitrogens with one attached hydrogen (secondary N) is 1. The fraction of sp³-hybridized carbons (Fsp3) is 0.394. The highest BCUT2D eigenvalue weighted by atomic mass is 32.2. The van der Waals surface area contributed by atoms with Gasteiger partial charge in [0.2, 0.25) is 0 Å². The van der Waals surface area contributed by atoms with Crippen molar-refractivity contribution in [1.82, 2.24) is 9.80 Å². The summed E-state index contributed by atoms with van der Waals surface area (Å²) >= 11 is 0. The fourth-order valence-corrected chi connectivity index (χ4v) is 7.21. The fourth-order valence-electron chi connectivity index (χ4n) is 5.97. The molecule has 0 atom stereocenters. The summed E-state index contributed by atoms with van der Waals surface area (Å²) in [5.74, 6) is 0.359. The number of halogens is 1. The Morgan fingerprint density at radius 3 is 2.40 bits per heavy atom. The molecule has 2 aliphatic rings. The number of sulfonamides is 1. The van der Waals surface area contributed by atoms with Crippen LogP contribution in [-0.4, -0.2) is 63.6 Å². The third-order valence-corrected chi connectivity index (χ3v) is 9.73. The van der Waals surface area contributed by atoms with E-state index >= 15 is 0 Å². The van der Waals surface area contributed by atoms with Gasteiger partial charge in [-0.2, -0.15) is 0 Å². The van der Waals surface area contributed by atoms with E-state index in [2.05, 4.69) is 14.6 Å². The van der Waals surface area contributed by atoms with Crippen LogP contribution >= 0.6 is 0 Å². The van der Waals surface area contributed by atoms with E-state index in [0.717, 1.165) is 31.2 Å². The van der Waals surface area contributed by atoms with Gasteiger partial charge in [0, 0.05) is 61.8 Å². The second-order valence-corrected chi connectivity index (χ2v) is 12.8. The largest absolute Gasteiger partial charge is 0.497 e. The summed E-state index contributed by atoms with van der Waals surface area (Å²) in [6, 6.07) is 16.7. The molecule has 0 radical (unpaired) electrons. The van der Waals surface area contributed by atoms with E-state index < -0.39 is 10.0 Å². The average Bonchev–Trinajstić information content (AvgIpc) is 3.03. The smallest absolute Gasteiger partial charge is 0.264 e. The van der Waals surface area contributed by atoms with Gasteiger partial charge in [-0.05, 0) is 67.6 Å². The molecule has 3 aromatic rings. The summed E-state index contributed by atoms with van der Waals surface area (Å²) in [6.07, 6.45) is 7.20. The number of piperazine rings is 1. The predicted molar refractivity (Wildman–Crippen MR) is 167 cm³/mol. The van der Waals surface area contributed by atoms with E-state index in [-0.39, 0.29) is 16.6 Å². The number of nitrogens with zero attached hydrogens (tertiary/aromatic N) is 3. The number of aliphatic imine (C=N–C) groups is 1. The van der Waals surface area contributed by atoms with Crippen molar-refractivity contribution >= 4 is 33.5 Å². The minimum absolute atomic E-state index is 0.121. The second kappa shape index (κ2) is 13.7.